The molecule has 10 N–H and O–H groups in total. The summed E-state index contributed by atoms with van der Waals surface area (Å²) in [5.41, 5.74) is 2.68. The maximum absolute atomic E-state index is 14.3. The molecule has 1 aliphatic carbocycles. The van der Waals surface area contributed by atoms with E-state index in [4.69, 9.17) is 53.1 Å². The van der Waals surface area contributed by atoms with Gasteiger partial charge in [-0.15, -0.1) is 0 Å². The summed E-state index contributed by atoms with van der Waals surface area (Å²) in [6.07, 6.45) is -19.1. The number of esters is 2. The van der Waals surface area contributed by atoms with E-state index in [0.29, 0.717) is 0 Å². The number of ether oxygens (including phenoxy) is 10. The number of carbonyl (C=O) groups excluding carboxylic acids is 7. The fraction of sp³-hybridized carbons (Fsp3) is 0.848. The normalized spacial score (nSPS) is 29.5. The van der Waals surface area contributed by atoms with Crippen LogP contribution in [0.4, 0.5) is 19.2 Å². The van der Waals surface area contributed by atoms with Crippen molar-refractivity contribution in [1.82, 2.24) is 26.6 Å². The zero-order valence-corrected chi connectivity index (χ0v) is 43.9. The zero-order chi connectivity index (χ0) is 54.7. The summed E-state index contributed by atoms with van der Waals surface area (Å²) in [6.45, 7) is 20.8. The SMILES string of the molecule is CC(=O)OC1[C@@H](O[C@@H]2C(O)C(O[C@H]3OC(CNC(=O)OC(C)(C)C)CCC3NC(=O)OC(C)(C)C)[C@@H](NC(=O)OC(C)(C)C)C[C@H]2NC(=O)[C@H](CCNC(=O)OC(C)(C)C)OC(C)=O)OC(CO)[C@@H](O)[C@@H]1N. The number of amides is 5. The molecule has 3 fully saturated rings. The summed E-state index contributed by atoms with van der Waals surface area (Å²) in [5.74, 6) is -2.71. The van der Waals surface area contributed by atoms with E-state index in [-0.39, 0.29) is 38.8 Å². The van der Waals surface area contributed by atoms with Crippen LogP contribution in [-0.4, -0.2) is 185 Å². The fourth-order valence-electron chi connectivity index (χ4n) is 7.73. The lowest BCUT2D eigenvalue weighted by Gasteiger charge is -2.49. The predicted molar refractivity (Wildman–Crippen MR) is 250 cm³/mol. The van der Waals surface area contributed by atoms with E-state index in [1.165, 1.54) is 0 Å². The molecule has 0 aromatic heterocycles. The van der Waals surface area contributed by atoms with Gasteiger partial charge in [0, 0.05) is 33.4 Å². The van der Waals surface area contributed by atoms with E-state index in [1.54, 1.807) is 83.1 Å². The minimum atomic E-state index is -1.98. The number of aliphatic hydroxyl groups is 3. The summed E-state index contributed by atoms with van der Waals surface area (Å²) < 4.78 is 57.8. The summed E-state index contributed by atoms with van der Waals surface area (Å²) in [7, 11) is 0. The van der Waals surface area contributed by atoms with Crippen LogP contribution in [-0.2, 0) is 61.8 Å². The first-order valence-corrected chi connectivity index (χ1v) is 24.0. The topological polar surface area (TPSA) is 359 Å². The van der Waals surface area contributed by atoms with E-state index in [0.717, 1.165) is 13.8 Å². The number of alkyl carbamates (subject to hydrolysis) is 4. The van der Waals surface area contributed by atoms with Crippen molar-refractivity contribution in [1.29, 1.82) is 0 Å². The standard InChI is InChI=1S/C46H80N6O20/c1-22(54)63-28(17-18-48-39(59)69-43(3,4)5)36(58)50-26-19-27(52-42(62)72-46(12,13)14)34(32(57)33(26)68-38-35(64-23(2)55)30(47)31(56)29(21-53)66-38)67-37-25(51-41(61)71-45(9,10)11)16-15-24(65-37)20-49-40(60)70-44(6,7)8/h24-35,37-38,53,56-57H,15-21,47H2,1-14H3,(H,48,59)(H,49,60)(H,50,58)(H,51,61)(H,52,62)/t24?,25?,26-,27+,28+,29?,30+,31-,32?,33+,34?,35?,37-,38-/m1/s1. The fourth-order valence-corrected chi connectivity index (χ4v) is 7.73. The van der Waals surface area contributed by atoms with Crippen LogP contribution in [0.3, 0.4) is 0 Å². The summed E-state index contributed by atoms with van der Waals surface area (Å²) in [4.78, 5) is 91.0. The average Bonchev–Trinajstić information content (AvgIpc) is 3.19. The van der Waals surface area contributed by atoms with Gasteiger partial charge in [0.15, 0.2) is 24.8 Å². The van der Waals surface area contributed by atoms with Gasteiger partial charge < -0.3 is 95.0 Å². The van der Waals surface area contributed by atoms with E-state index in [9.17, 15) is 48.9 Å². The maximum atomic E-state index is 14.3. The van der Waals surface area contributed by atoms with Crippen LogP contribution in [0, 0.1) is 0 Å². The van der Waals surface area contributed by atoms with Gasteiger partial charge in [-0.05, 0) is 102 Å². The van der Waals surface area contributed by atoms with Crippen molar-refractivity contribution in [3.8, 4) is 0 Å². The van der Waals surface area contributed by atoms with Gasteiger partial charge in [-0.3, -0.25) is 14.4 Å². The molecule has 26 nitrogen and oxygen atoms in total. The molecule has 6 unspecified atom stereocenters. The molecule has 3 aliphatic rings. The van der Waals surface area contributed by atoms with Gasteiger partial charge >= 0.3 is 36.3 Å². The van der Waals surface area contributed by atoms with Crippen LogP contribution >= 0.6 is 0 Å². The van der Waals surface area contributed by atoms with Crippen LogP contribution in [0.2, 0.25) is 0 Å². The zero-order valence-electron chi connectivity index (χ0n) is 43.9. The molecule has 72 heavy (non-hydrogen) atoms. The molecule has 0 spiro atoms. The first-order valence-electron chi connectivity index (χ1n) is 24.0. The number of carbonyl (C=O) groups is 7. The van der Waals surface area contributed by atoms with Crippen LogP contribution < -0.4 is 32.3 Å². The molecule has 14 atom stereocenters. The number of hydrogen-bond acceptors (Lipinski definition) is 21. The highest BCUT2D eigenvalue weighted by molar-refractivity contribution is 5.83. The van der Waals surface area contributed by atoms with Crippen molar-refractivity contribution < 1.29 is 96.2 Å². The van der Waals surface area contributed by atoms with Crippen molar-refractivity contribution in [2.45, 2.75) is 231 Å². The molecule has 0 aromatic carbocycles. The van der Waals surface area contributed by atoms with E-state index >= 15 is 0 Å². The Morgan fingerprint density at radius 2 is 1.10 bits per heavy atom. The van der Waals surface area contributed by atoms with Crippen LogP contribution in [0.25, 0.3) is 0 Å². The first-order chi connectivity index (χ1) is 33.0. The lowest BCUT2D eigenvalue weighted by atomic mass is 9.83. The lowest BCUT2D eigenvalue weighted by molar-refractivity contribution is -0.316. The van der Waals surface area contributed by atoms with Gasteiger partial charge in [0.05, 0.1) is 36.9 Å². The van der Waals surface area contributed by atoms with Crippen molar-refractivity contribution in [2.75, 3.05) is 19.7 Å². The monoisotopic (exact) mass is 1040 g/mol. The molecule has 1 saturated carbocycles. The van der Waals surface area contributed by atoms with Crippen molar-refractivity contribution in [2.24, 2.45) is 5.73 Å². The Labute approximate surface area is 420 Å². The Balaban J connectivity index is 2.17. The van der Waals surface area contributed by atoms with Crippen LogP contribution in [0.1, 0.15) is 123 Å². The minimum Gasteiger partial charge on any atom is -0.455 e. The highest BCUT2D eigenvalue weighted by Crippen LogP contribution is 2.34. The predicted octanol–water partition coefficient (Wildman–Crippen LogP) is 1.01. The van der Waals surface area contributed by atoms with Gasteiger partial charge in [0.1, 0.15) is 52.9 Å². The van der Waals surface area contributed by atoms with Crippen molar-refractivity contribution in [3.63, 3.8) is 0 Å². The molecule has 2 heterocycles. The highest BCUT2D eigenvalue weighted by Gasteiger charge is 2.54. The third kappa shape index (κ3) is 21.0. The molecule has 0 aromatic rings. The molecule has 414 valence electrons. The molecule has 2 saturated heterocycles. The largest absolute Gasteiger partial charge is 0.455 e. The second kappa shape index (κ2) is 25.9. The Kier molecular flexibility index (Phi) is 22.1. The molecular formula is C46H80N6O20. The van der Waals surface area contributed by atoms with Crippen molar-refractivity contribution in [3.05, 3.63) is 0 Å². The number of rotatable bonds is 16. The molecule has 3 rings (SSSR count). The summed E-state index contributed by atoms with van der Waals surface area (Å²) in [6, 6.07) is -5.19. The van der Waals surface area contributed by atoms with Gasteiger partial charge in [0.2, 0.25) is 0 Å². The average molecular weight is 1040 g/mol. The van der Waals surface area contributed by atoms with Crippen LogP contribution in [0.5, 0.6) is 0 Å². The Morgan fingerprint density at radius 1 is 0.611 bits per heavy atom. The maximum Gasteiger partial charge on any atom is 0.408 e. The number of nitrogens with one attached hydrogen (secondary N) is 5. The highest BCUT2D eigenvalue weighted by atomic mass is 16.7. The minimum absolute atomic E-state index is 0.0912. The number of hydrogen-bond donors (Lipinski definition) is 9. The third-order valence-corrected chi connectivity index (χ3v) is 10.5. The molecule has 5 amide bonds. The summed E-state index contributed by atoms with van der Waals surface area (Å²) in [5, 5.41) is 47.0. The van der Waals surface area contributed by atoms with E-state index < -0.39 is 157 Å². The molecule has 26 heteroatoms. The van der Waals surface area contributed by atoms with Crippen molar-refractivity contribution >= 4 is 42.2 Å². The lowest BCUT2D eigenvalue weighted by Crippen LogP contribution is -2.70. The first kappa shape index (κ1) is 61.5. The van der Waals surface area contributed by atoms with Gasteiger partial charge in [0.25, 0.3) is 5.91 Å². The van der Waals surface area contributed by atoms with Gasteiger partial charge in [-0.25, -0.2) is 19.2 Å². The second-order valence-electron chi connectivity index (χ2n) is 21.8. The van der Waals surface area contributed by atoms with E-state index in [1.807, 2.05) is 0 Å². The van der Waals surface area contributed by atoms with E-state index in [2.05, 4.69) is 26.6 Å². The molecule has 0 bridgehead atoms. The Bertz CT molecular complexity index is 1850. The van der Waals surface area contributed by atoms with Gasteiger partial charge in [-0.2, -0.15) is 0 Å². The third-order valence-electron chi connectivity index (χ3n) is 10.5. The molecule has 2 aliphatic heterocycles. The Morgan fingerprint density at radius 3 is 1.60 bits per heavy atom. The van der Waals surface area contributed by atoms with Crippen LogP contribution in [0.15, 0.2) is 0 Å². The number of nitrogens with two attached hydrogens (primary N) is 1. The Hall–Kier alpha value is -4.83. The summed E-state index contributed by atoms with van der Waals surface area (Å²) >= 11 is 0. The van der Waals surface area contributed by atoms with Gasteiger partial charge in [-0.1, -0.05) is 0 Å². The molecule has 0 radical (unpaired) electrons. The quantitative estimate of drug-likeness (QED) is 0.0769. The molecular weight excluding hydrogens is 957 g/mol. The smallest absolute Gasteiger partial charge is 0.408 e. The number of aliphatic hydroxyl groups excluding tert-OH is 3. The second-order valence-corrected chi connectivity index (χ2v) is 21.8.